The van der Waals surface area contributed by atoms with Crippen LogP contribution in [0.3, 0.4) is 0 Å². The first-order chi connectivity index (χ1) is 9.69. The van der Waals surface area contributed by atoms with Gasteiger partial charge in [0.25, 0.3) is 0 Å². The second-order valence-electron chi connectivity index (χ2n) is 4.29. The van der Waals surface area contributed by atoms with Crippen molar-refractivity contribution in [2.45, 2.75) is 38.8 Å². The number of isocyanates is 2. The quantitative estimate of drug-likeness (QED) is 0.587. The lowest BCUT2D eigenvalue weighted by molar-refractivity contribution is 0.555. The maximum Gasteiger partial charge on any atom is 0.235 e. The molecule has 0 aromatic heterocycles. The van der Waals surface area contributed by atoms with E-state index in [2.05, 4.69) is 16.1 Å². The van der Waals surface area contributed by atoms with Crippen LogP contribution in [0.5, 0.6) is 0 Å². The molecule has 2 atom stereocenters. The zero-order chi connectivity index (χ0) is 15.0. The summed E-state index contributed by atoms with van der Waals surface area (Å²) in [6.07, 6.45) is 4.34. The van der Waals surface area contributed by atoms with Crippen LogP contribution in [0.2, 0.25) is 0 Å². The molecule has 5 nitrogen and oxygen atoms in total. The molecule has 2 unspecified atom stereocenters. The van der Waals surface area contributed by atoms with Crippen molar-refractivity contribution in [2.24, 2.45) is 9.98 Å². The van der Waals surface area contributed by atoms with Crippen molar-refractivity contribution < 1.29 is 9.59 Å². The normalized spacial score (nSPS) is 12.4. The fourth-order valence-electron chi connectivity index (χ4n) is 2.06. The fourth-order valence-corrected chi connectivity index (χ4v) is 2.06. The zero-order valence-corrected chi connectivity index (χ0v) is 11.5. The second-order valence-corrected chi connectivity index (χ2v) is 4.29. The minimum Gasteiger partial charge on any atom is -0.211 e. The van der Waals surface area contributed by atoms with Crippen LogP contribution >= 0.6 is 0 Å². The number of aliphatic imine (C=N–C) groups is 2. The highest BCUT2D eigenvalue weighted by molar-refractivity contribution is 5.43. The number of hydrogen-bond acceptors (Lipinski definition) is 5. The summed E-state index contributed by atoms with van der Waals surface area (Å²) in [5.41, 5.74) is 1.96. The molecule has 0 aliphatic heterocycles. The van der Waals surface area contributed by atoms with Gasteiger partial charge in [0, 0.05) is 0 Å². The van der Waals surface area contributed by atoms with Crippen LogP contribution < -0.4 is 0 Å². The molecule has 1 aromatic rings. The SMILES string of the molecule is CCC(N=C=O)c1cc(C#N)cc(C(CC)N=C=O)c1. The average Bonchev–Trinajstić information content (AvgIpc) is 2.49. The fraction of sp³-hybridized carbons (Fsp3) is 0.400. The third-order valence-electron chi connectivity index (χ3n) is 3.07. The predicted molar refractivity (Wildman–Crippen MR) is 73.5 cm³/mol. The van der Waals surface area contributed by atoms with Gasteiger partial charge in [-0.3, -0.25) is 0 Å². The van der Waals surface area contributed by atoms with Gasteiger partial charge in [-0.15, -0.1) is 0 Å². The first-order valence-electron chi connectivity index (χ1n) is 6.39. The number of hydrogen-bond donors (Lipinski definition) is 0. The van der Waals surface area contributed by atoms with E-state index < -0.39 is 0 Å². The summed E-state index contributed by atoms with van der Waals surface area (Å²) in [6, 6.07) is 6.60. The lowest BCUT2D eigenvalue weighted by Gasteiger charge is -2.14. The molecular formula is C15H15N3O2. The molecule has 1 rings (SSSR count). The Kier molecular flexibility index (Phi) is 6.06. The molecule has 0 amide bonds. The van der Waals surface area contributed by atoms with E-state index in [4.69, 9.17) is 5.26 Å². The maximum absolute atomic E-state index is 10.5. The molecule has 0 radical (unpaired) electrons. The Morgan fingerprint density at radius 1 is 1.00 bits per heavy atom. The van der Waals surface area contributed by atoms with Crippen molar-refractivity contribution in [3.8, 4) is 6.07 Å². The number of benzene rings is 1. The van der Waals surface area contributed by atoms with E-state index in [-0.39, 0.29) is 12.1 Å². The molecule has 0 bridgehead atoms. The van der Waals surface area contributed by atoms with Gasteiger partial charge in [0.15, 0.2) is 0 Å². The van der Waals surface area contributed by atoms with Crippen LogP contribution in [0.4, 0.5) is 0 Å². The van der Waals surface area contributed by atoms with E-state index in [1.54, 1.807) is 24.3 Å². The standard InChI is InChI=1S/C15H15N3O2/c1-3-14(17-9-19)12-5-11(8-16)6-13(7-12)15(4-2)18-10-20/h5-7,14-15H,3-4H2,1-2H3. The minimum atomic E-state index is -0.336. The van der Waals surface area contributed by atoms with Crippen molar-refractivity contribution in [3.63, 3.8) is 0 Å². The summed E-state index contributed by atoms with van der Waals surface area (Å²) in [7, 11) is 0. The number of carbonyl (C=O) groups excluding carboxylic acids is 2. The van der Waals surface area contributed by atoms with Crippen LogP contribution in [0.25, 0.3) is 0 Å². The van der Waals surface area contributed by atoms with Gasteiger partial charge in [-0.1, -0.05) is 19.9 Å². The molecule has 102 valence electrons. The largest absolute Gasteiger partial charge is 0.235 e. The Hall–Kier alpha value is -2.53. The van der Waals surface area contributed by atoms with Gasteiger partial charge in [0.2, 0.25) is 12.2 Å². The lowest BCUT2D eigenvalue weighted by Crippen LogP contribution is -2.00. The maximum atomic E-state index is 10.5. The minimum absolute atomic E-state index is 0.336. The van der Waals surface area contributed by atoms with Crippen LogP contribution in [0.15, 0.2) is 28.2 Å². The van der Waals surface area contributed by atoms with Gasteiger partial charge in [-0.2, -0.15) is 15.2 Å². The summed E-state index contributed by atoms with van der Waals surface area (Å²) in [4.78, 5) is 28.4. The second kappa shape index (κ2) is 7.81. The van der Waals surface area contributed by atoms with E-state index in [0.29, 0.717) is 18.4 Å². The molecule has 0 fully saturated rings. The smallest absolute Gasteiger partial charge is 0.211 e. The first-order valence-corrected chi connectivity index (χ1v) is 6.39. The Morgan fingerprint density at radius 3 is 1.75 bits per heavy atom. The average molecular weight is 269 g/mol. The Bertz CT molecular complexity index is 562. The van der Waals surface area contributed by atoms with Crippen molar-refractivity contribution in [3.05, 3.63) is 34.9 Å². The third-order valence-corrected chi connectivity index (χ3v) is 3.07. The monoisotopic (exact) mass is 269 g/mol. The molecule has 0 saturated heterocycles. The highest BCUT2D eigenvalue weighted by Crippen LogP contribution is 2.28. The van der Waals surface area contributed by atoms with E-state index in [1.807, 2.05) is 19.9 Å². The Balaban J connectivity index is 3.37. The lowest BCUT2D eigenvalue weighted by atomic mass is 9.95. The predicted octanol–water partition coefficient (Wildman–Crippen LogP) is 3.13. The number of nitriles is 1. The number of nitrogens with zero attached hydrogens (tertiary/aromatic N) is 3. The Morgan fingerprint density at radius 2 is 1.45 bits per heavy atom. The molecule has 20 heavy (non-hydrogen) atoms. The van der Waals surface area contributed by atoms with Crippen LogP contribution in [0, 0.1) is 11.3 Å². The van der Waals surface area contributed by atoms with Crippen molar-refractivity contribution in [2.75, 3.05) is 0 Å². The van der Waals surface area contributed by atoms with E-state index in [1.165, 1.54) is 0 Å². The zero-order valence-electron chi connectivity index (χ0n) is 11.5. The van der Waals surface area contributed by atoms with Crippen LogP contribution in [-0.2, 0) is 9.59 Å². The summed E-state index contributed by atoms with van der Waals surface area (Å²) in [5, 5.41) is 9.09. The number of rotatable bonds is 6. The van der Waals surface area contributed by atoms with E-state index in [9.17, 15) is 9.59 Å². The van der Waals surface area contributed by atoms with Crippen molar-refractivity contribution >= 4 is 12.2 Å². The molecule has 0 heterocycles. The van der Waals surface area contributed by atoms with Gasteiger partial charge in [-0.05, 0) is 36.1 Å². The van der Waals surface area contributed by atoms with Crippen molar-refractivity contribution in [1.82, 2.24) is 0 Å². The van der Waals surface area contributed by atoms with Gasteiger partial charge in [0.05, 0.1) is 23.7 Å². The molecule has 0 spiro atoms. The molecule has 5 heteroatoms. The topological polar surface area (TPSA) is 82.7 Å². The molecule has 0 aliphatic carbocycles. The highest BCUT2D eigenvalue weighted by Gasteiger charge is 2.14. The molecule has 0 N–H and O–H groups in total. The molecule has 0 aliphatic rings. The summed E-state index contributed by atoms with van der Waals surface area (Å²) in [6.45, 7) is 3.79. The summed E-state index contributed by atoms with van der Waals surface area (Å²) >= 11 is 0. The van der Waals surface area contributed by atoms with Gasteiger partial charge in [-0.25, -0.2) is 9.59 Å². The summed E-state index contributed by atoms with van der Waals surface area (Å²) in [5.74, 6) is 0. The first kappa shape index (κ1) is 15.5. The Labute approximate surface area is 117 Å². The van der Waals surface area contributed by atoms with Gasteiger partial charge in [0.1, 0.15) is 0 Å². The van der Waals surface area contributed by atoms with E-state index >= 15 is 0 Å². The van der Waals surface area contributed by atoms with Gasteiger partial charge >= 0.3 is 0 Å². The summed E-state index contributed by atoms with van der Waals surface area (Å²) < 4.78 is 0. The highest BCUT2D eigenvalue weighted by atomic mass is 16.1. The van der Waals surface area contributed by atoms with E-state index in [0.717, 1.165) is 11.1 Å². The molecular weight excluding hydrogens is 254 g/mol. The van der Waals surface area contributed by atoms with Crippen molar-refractivity contribution in [1.29, 1.82) is 5.26 Å². The van der Waals surface area contributed by atoms with Gasteiger partial charge < -0.3 is 0 Å². The van der Waals surface area contributed by atoms with Crippen LogP contribution in [0.1, 0.15) is 55.5 Å². The molecule has 1 aromatic carbocycles. The molecule has 0 saturated carbocycles. The van der Waals surface area contributed by atoms with Crippen LogP contribution in [-0.4, -0.2) is 12.2 Å². The third kappa shape index (κ3) is 3.73.